The Morgan fingerprint density at radius 1 is 1.53 bits per heavy atom. The van der Waals surface area contributed by atoms with Gasteiger partial charge in [-0.25, -0.2) is 4.98 Å². The zero-order valence-corrected chi connectivity index (χ0v) is 8.73. The molecule has 1 aliphatic heterocycles. The van der Waals surface area contributed by atoms with E-state index in [0.717, 1.165) is 13.1 Å². The van der Waals surface area contributed by atoms with Crippen LogP contribution < -0.4 is 4.90 Å². The van der Waals surface area contributed by atoms with Crippen molar-refractivity contribution in [3.8, 4) is 0 Å². The Morgan fingerprint density at radius 2 is 2.27 bits per heavy atom. The molecule has 82 valence electrons. The lowest BCUT2D eigenvalue weighted by Gasteiger charge is -2.24. The van der Waals surface area contributed by atoms with E-state index in [0.29, 0.717) is 31.4 Å². The molecule has 5 heteroatoms. The molecular formula is C10H14N2O3. The third-order valence-electron chi connectivity index (χ3n) is 2.25. The molecule has 1 saturated heterocycles. The van der Waals surface area contributed by atoms with Crippen LogP contribution in [0.3, 0.4) is 0 Å². The quantitative estimate of drug-likeness (QED) is 0.733. The minimum Gasteiger partial charge on any atom is -0.428 e. The number of aromatic nitrogens is 1. The smallest absolute Gasteiger partial charge is 0.297 e. The fourth-order valence-corrected chi connectivity index (χ4v) is 1.53. The fourth-order valence-electron chi connectivity index (χ4n) is 1.53. The molecular weight excluding hydrogens is 196 g/mol. The van der Waals surface area contributed by atoms with Crippen molar-refractivity contribution in [3.05, 3.63) is 12.0 Å². The molecule has 2 rings (SSSR count). The highest BCUT2D eigenvalue weighted by molar-refractivity contribution is 5.77. The fraction of sp³-hybridized carbons (Fsp3) is 0.600. The molecule has 1 aromatic rings. The van der Waals surface area contributed by atoms with Gasteiger partial charge in [0.15, 0.2) is 0 Å². The third-order valence-corrected chi connectivity index (χ3v) is 2.25. The summed E-state index contributed by atoms with van der Waals surface area (Å²) >= 11 is 0. The summed E-state index contributed by atoms with van der Waals surface area (Å²) < 4.78 is 10.7. The van der Waals surface area contributed by atoms with E-state index in [9.17, 15) is 4.79 Å². The summed E-state index contributed by atoms with van der Waals surface area (Å²) in [7, 11) is 0. The summed E-state index contributed by atoms with van der Waals surface area (Å²) in [5.74, 6) is 0.712. The first-order valence-corrected chi connectivity index (χ1v) is 5.02. The molecule has 0 radical (unpaired) electrons. The normalized spacial score (nSPS) is 16.7. The molecule has 5 nitrogen and oxygen atoms in total. The summed E-state index contributed by atoms with van der Waals surface area (Å²) in [6.45, 7) is 4.52. The zero-order chi connectivity index (χ0) is 10.7. The maximum atomic E-state index is 10.9. The molecule has 0 N–H and O–H groups in total. The van der Waals surface area contributed by atoms with Gasteiger partial charge in [-0.2, -0.15) is 0 Å². The first-order valence-electron chi connectivity index (χ1n) is 5.02. The molecule has 1 aliphatic rings. The van der Waals surface area contributed by atoms with Gasteiger partial charge in [-0.3, -0.25) is 4.79 Å². The number of carbonyl (C=O) groups is 1. The van der Waals surface area contributed by atoms with Crippen LogP contribution in [0.2, 0.25) is 0 Å². The number of morpholine rings is 1. The number of hydrogen-bond acceptors (Lipinski definition) is 5. The van der Waals surface area contributed by atoms with Gasteiger partial charge in [0, 0.05) is 13.1 Å². The van der Waals surface area contributed by atoms with Crippen LogP contribution in [0.4, 0.5) is 6.01 Å². The van der Waals surface area contributed by atoms with Crippen molar-refractivity contribution in [3.63, 3.8) is 0 Å². The summed E-state index contributed by atoms with van der Waals surface area (Å²) in [5, 5.41) is 0. The van der Waals surface area contributed by atoms with Gasteiger partial charge < -0.3 is 14.1 Å². The van der Waals surface area contributed by atoms with Crippen LogP contribution in [0.25, 0.3) is 0 Å². The van der Waals surface area contributed by atoms with Gasteiger partial charge in [0.1, 0.15) is 11.5 Å². The Morgan fingerprint density at radius 3 is 2.93 bits per heavy atom. The Kier molecular flexibility index (Phi) is 3.01. The van der Waals surface area contributed by atoms with Crippen molar-refractivity contribution in [2.75, 3.05) is 31.2 Å². The number of ketones is 1. The largest absolute Gasteiger partial charge is 0.428 e. The predicted molar refractivity (Wildman–Crippen MR) is 53.9 cm³/mol. The van der Waals surface area contributed by atoms with E-state index in [2.05, 4.69) is 4.98 Å². The van der Waals surface area contributed by atoms with E-state index in [1.165, 1.54) is 6.92 Å². The van der Waals surface area contributed by atoms with Gasteiger partial charge in [-0.05, 0) is 6.92 Å². The summed E-state index contributed by atoms with van der Waals surface area (Å²) in [6, 6.07) is 0.592. The number of oxazole rings is 1. The molecule has 0 atom stereocenters. The van der Waals surface area contributed by atoms with Gasteiger partial charge in [-0.1, -0.05) is 0 Å². The van der Waals surface area contributed by atoms with Crippen molar-refractivity contribution in [2.24, 2.45) is 0 Å². The van der Waals surface area contributed by atoms with Crippen molar-refractivity contribution >= 4 is 11.8 Å². The molecule has 2 heterocycles. The second kappa shape index (κ2) is 4.44. The van der Waals surface area contributed by atoms with Gasteiger partial charge in [0.05, 0.1) is 25.8 Å². The molecule has 0 aromatic carbocycles. The van der Waals surface area contributed by atoms with Crippen molar-refractivity contribution in [2.45, 2.75) is 13.3 Å². The highest BCUT2D eigenvalue weighted by Gasteiger charge is 2.16. The number of hydrogen-bond donors (Lipinski definition) is 0. The maximum absolute atomic E-state index is 10.9. The number of ether oxygens (including phenoxy) is 1. The zero-order valence-electron chi connectivity index (χ0n) is 8.73. The SMILES string of the molecule is CC(=O)Cc1cnc(N2CCOCC2)o1. The summed E-state index contributed by atoms with van der Waals surface area (Å²) in [6.07, 6.45) is 1.93. The highest BCUT2D eigenvalue weighted by atomic mass is 16.5. The van der Waals surface area contributed by atoms with E-state index in [1.807, 2.05) is 4.90 Å². The molecule has 0 spiro atoms. The Hall–Kier alpha value is -1.36. The number of anilines is 1. The molecule has 1 fully saturated rings. The average molecular weight is 210 g/mol. The maximum Gasteiger partial charge on any atom is 0.297 e. The van der Waals surface area contributed by atoms with Gasteiger partial charge in [0.25, 0.3) is 6.01 Å². The summed E-state index contributed by atoms with van der Waals surface area (Å²) in [4.78, 5) is 17.0. The van der Waals surface area contributed by atoms with Gasteiger partial charge in [0.2, 0.25) is 0 Å². The van der Waals surface area contributed by atoms with Gasteiger partial charge in [-0.15, -0.1) is 0 Å². The first kappa shape index (κ1) is 10.2. The molecule has 0 aliphatic carbocycles. The first-order chi connectivity index (χ1) is 7.25. The molecule has 0 bridgehead atoms. The molecule has 0 amide bonds. The second-order valence-electron chi connectivity index (χ2n) is 3.59. The van der Waals surface area contributed by atoms with Crippen molar-refractivity contribution in [1.29, 1.82) is 0 Å². The van der Waals surface area contributed by atoms with Crippen molar-refractivity contribution < 1.29 is 13.9 Å². The molecule has 0 saturated carbocycles. The monoisotopic (exact) mass is 210 g/mol. The van der Waals surface area contributed by atoms with Crippen LogP contribution in [-0.4, -0.2) is 37.1 Å². The number of rotatable bonds is 3. The van der Waals surface area contributed by atoms with Crippen LogP contribution in [0.15, 0.2) is 10.6 Å². The van der Waals surface area contributed by atoms with Crippen LogP contribution >= 0.6 is 0 Å². The van der Waals surface area contributed by atoms with E-state index >= 15 is 0 Å². The topological polar surface area (TPSA) is 55.6 Å². The number of carbonyl (C=O) groups excluding carboxylic acids is 1. The van der Waals surface area contributed by atoms with E-state index < -0.39 is 0 Å². The minimum atomic E-state index is 0.0830. The molecule has 1 aromatic heterocycles. The minimum absolute atomic E-state index is 0.0830. The third kappa shape index (κ3) is 2.56. The van der Waals surface area contributed by atoms with E-state index in [1.54, 1.807) is 6.20 Å². The summed E-state index contributed by atoms with van der Waals surface area (Å²) in [5.41, 5.74) is 0. The van der Waals surface area contributed by atoms with Crippen LogP contribution in [0.1, 0.15) is 12.7 Å². The van der Waals surface area contributed by atoms with Crippen LogP contribution in [-0.2, 0) is 16.0 Å². The van der Waals surface area contributed by atoms with Crippen LogP contribution in [0.5, 0.6) is 0 Å². The number of nitrogens with zero attached hydrogens (tertiary/aromatic N) is 2. The lowest BCUT2D eigenvalue weighted by Crippen LogP contribution is -2.36. The average Bonchev–Trinajstić information content (AvgIpc) is 2.67. The number of Topliss-reactive ketones (excluding diaryl/α,β-unsaturated/α-hetero) is 1. The Balaban J connectivity index is 2.02. The Labute approximate surface area is 88.0 Å². The molecule has 15 heavy (non-hydrogen) atoms. The van der Waals surface area contributed by atoms with Crippen molar-refractivity contribution in [1.82, 2.24) is 4.98 Å². The lowest BCUT2D eigenvalue weighted by molar-refractivity contribution is -0.116. The molecule has 0 unspecified atom stereocenters. The van der Waals surface area contributed by atoms with E-state index in [-0.39, 0.29) is 5.78 Å². The van der Waals surface area contributed by atoms with Gasteiger partial charge >= 0.3 is 0 Å². The lowest BCUT2D eigenvalue weighted by atomic mass is 10.3. The predicted octanol–water partition coefficient (Wildman–Crippen LogP) is 0.643. The second-order valence-corrected chi connectivity index (χ2v) is 3.59. The standard InChI is InChI=1S/C10H14N2O3/c1-8(13)6-9-7-11-10(15-9)12-2-4-14-5-3-12/h7H,2-6H2,1H3. The van der Waals surface area contributed by atoms with E-state index in [4.69, 9.17) is 9.15 Å². The highest BCUT2D eigenvalue weighted by Crippen LogP contribution is 2.16. The van der Waals surface area contributed by atoms with Crippen LogP contribution in [0, 0.1) is 0 Å². The Bertz CT molecular complexity index is 342.